The first-order chi connectivity index (χ1) is 10.8. The molecule has 0 saturated carbocycles. The molecular formula is C17H26N4S. The van der Waals surface area contributed by atoms with Crippen LogP contribution in [0.4, 0.5) is 5.13 Å². The maximum atomic E-state index is 4.78. The standard InChI is InChI=1S/C17H26N4S/c1-3-19(4-2)9-10-20-11-13-21(14-12-20)17-18-15-7-5-6-8-16(15)22-17/h5-8H,3-4,9-14H2,1-2H3. The van der Waals surface area contributed by atoms with Gasteiger partial charge in [-0.15, -0.1) is 0 Å². The van der Waals surface area contributed by atoms with E-state index < -0.39 is 0 Å². The number of anilines is 1. The molecule has 1 fully saturated rings. The number of piperazine rings is 1. The Morgan fingerprint density at radius 3 is 2.50 bits per heavy atom. The number of likely N-dealkylation sites (N-methyl/N-ethyl adjacent to an activating group) is 1. The quantitative estimate of drug-likeness (QED) is 0.817. The second kappa shape index (κ2) is 7.40. The number of aromatic nitrogens is 1. The van der Waals surface area contributed by atoms with Crippen LogP contribution in [0.5, 0.6) is 0 Å². The number of para-hydroxylation sites is 1. The van der Waals surface area contributed by atoms with Gasteiger partial charge in [-0.2, -0.15) is 0 Å². The molecule has 120 valence electrons. The van der Waals surface area contributed by atoms with Crippen LogP contribution in [0.25, 0.3) is 10.2 Å². The number of nitrogens with zero attached hydrogens (tertiary/aromatic N) is 4. The molecule has 0 N–H and O–H groups in total. The second-order valence-corrected chi connectivity index (χ2v) is 6.83. The molecule has 0 aliphatic carbocycles. The molecule has 1 aromatic carbocycles. The van der Waals surface area contributed by atoms with Crippen molar-refractivity contribution in [1.29, 1.82) is 0 Å². The molecule has 0 unspecified atom stereocenters. The average molecular weight is 318 g/mol. The smallest absolute Gasteiger partial charge is 0.186 e. The first-order valence-corrected chi connectivity index (χ1v) is 9.17. The zero-order valence-electron chi connectivity index (χ0n) is 13.7. The Labute approximate surface area is 137 Å². The summed E-state index contributed by atoms with van der Waals surface area (Å²) in [5, 5.41) is 1.18. The largest absolute Gasteiger partial charge is 0.345 e. The van der Waals surface area contributed by atoms with E-state index >= 15 is 0 Å². The Hall–Kier alpha value is -1.17. The Kier molecular flexibility index (Phi) is 5.28. The van der Waals surface area contributed by atoms with Crippen molar-refractivity contribution < 1.29 is 0 Å². The Morgan fingerprint density at radius 2 is 1.82 bits per heavy atom. The molecular weight excluding hydrogens is 292 g/mol. The summed E-state index contributed by atoms with van der Waals surface area (Å²) < 4.78 is 1.29. The summed E-state index contributed by atoms with van der Waals surface area (Å²) in [6.07, 6.45) is 0. The van der Waals surface area contributed by atoms with Gasteiger partial charge in [-0.1, -0.05) is 37.3 Å². The van der Waals surface area contributed by atoms with Crippen molar-refractivity contribution in [3.05, 3.63) is 24.3 Å². The lowest BCUT2D eigenvalue weighted by Crippen LogP contribution is -2.48. The number of rotatable bonds is 6. The molecule has 4 nitrogen and oxygen atoms in total. The highest BCUT2D eigenvalue weighted by Crippen LogP contribution is 2.28. The third kappa shape index (κ3) is 3.59. The van der Waals surface area contributed by atoms with E-state index in [1.165, 1.54) is 22.9 Å². The number of hydrogen-bond acceptors (Lipinski definition) is 5. The zero-order chi connectivity index (χ0) is 15.4. The minimum atomic E-state index is 1.10. The fraction of sp³-hybridized carbons (Fsp3) is 0.588. The predicted molar refractivity (Wildman–Crippen MR) is 96.1 cm³/mol. The van der Waals surface area contributed by atoms with Crippen LogP contribution in [0.1, 0.15) is 13.8 Å². The molecule has 0 radical (unpaired) electrons. The maximum absolute atomic E-state index is 4.78. The van der Waals surface area contributed by atoms with Crippen LogP contribution in [0, 0.1) is 0 Å². The summed E-state index contributed by atoms with van der Waals surface area (Å²) in [6, 6.07) is 8.43. The van der Waals surface area contributed by atoms with Crippen molar-refractivity contribution in [3.8, 4) is 0 Å². The number of benzene rings is 1. The lowest BCUT2D eigenvalue weighted by molar-refractivity contribution is 0.206. The van der Waals surface area contributed by atoms with Crippen molar-refractivity contribution in [3.63, 3.8) is 0 Å². The third-order valence-electron chi connectivity index (χ3n) is 4.55. The highest BCUT2D eigenvalue weighted by atomic mass is 32.1. The van der Waals surface area contributed by atoms with Gasteiger partial charge in [0.05, 0.1) is 10.2 Å². The number of hydrogen-bond donors (Lipinski definition) is 0. The molecule has 0 amide bonds. The van der Waals surface area contributed by atoms with Gasteiger partial charge >= 0.3 is 0 Å². The van der Waals surface area contributed by atoms with E-state index in [2.05, 4.69) is 52.8 Å². The molecule has 0 spiro atoms. The predicted octanol–water partition coefficient (Wildman–Crippen LogP) is 2.76. The number of fused-ring (bicyclic) bond motifs is 1. The second-order valence-electron chi connectivity index (χ2n) is 5.82. The fourth-order valence-electron chi connectivity index (χ4n) is 2.98. The van der Waals surface area contributed by atoms with Gasteiger partial charge in [0.15, 0.2) is 5.13 Å². The first-order valence-electron chi connectivity index (χ1n) is 8.35. The molecule has 0 bridgehead atoms. The van der Waals surface area contributed by atoms with Crippen molar-refractivity contribution in [1.82, 2.24) is 14.8 Å². The van der Waals surface area contributed by atoms with Crippen LogP contribution < -0.4 is 4.90 Å². The molecule has 2 aromatic rings. The maximum Gasteiger partial charge on any atom is 0.186 e. The van der Waals surface area contributed by atoms with Gasteiger partial charge in [-0.3, -0.25) is 4.90 Å². The topological polar surface area (TPSA) is 22.6 Å². The molecule has 1 aliphatic rings. The molecule has 5 heteroatoms. The van der Waals surface area contributed by atoms with E-state index in [1.807, 2.05) is 11.3 Å². The van der Waals surface area contributed by atoms with Crippen LogP contribution in [-0.2, 0) is 0 Å². The van der Waals surface area contributed by atoms with E-state index in [9.17, 15) is 0 Å². The Morgan fingerprint density at radius 1 is 1.09 bits per heavy atom. The molecule has 22 heavy (non-hydrogen) atoms. The molecule has 1 aliphatic heterocycles. The monoisotopic (exact) mass is 318 g/mol. The lowest BCUT2D eigenvalue weighted by Gasteiger charge is -2.35. The Bertz CT molecular complexity index is 552. The number of thiazole rings is 1. The summed E-state index contributed by atoms with van der Waals surface area (Å²) in [4.78, 5) is 12.3. The van der Waals surface area contributed by atoms with Crippen LogP contribution in [0.3, 0.4) is 0 Å². The van der Waals surface area contributed by atoms with Crippen molar-refractivity contribution >= 4 is 26.7 Å². The van der Waals surface area contributed by atoms with E-state index in [1.54, 1.807) is 0 Å². The van der Waals surface area contributed by atoms with Gasteiger partial charge in [-0.25, -0.2) is 4.98 Å². The summed E-state index contributed by atoms with van der Waals surface area (Å²) in [5.41, 5.74) is 1.13. The summed E-state index contributed by atoms with van der Waals surface area (Å²) in [7, 11) is 0. The highest BCUT2D eigenvalue weighted by molar-refractivity contribution is 7.22. The Balaban J connectivity index is 1.53. The van der Waals surface area contributed by atoms with Crippen LogP contribution in [0.2, 0.25) is 0 Å². The van der Waals surface area contributed by atoms with E-state index in [4.69, 9.17) is 4.98 Å². The van der Waals surface area contributed by atoms with E-state index in [0.717, 1.165) is 44.8 Å². The van der Waals surface area contributed by atoms with Crippen LogP contribution in [0.15, 0.2) is 24.3 Å². The molecule has 0 atom stereocenters. The van der Waals surface area contributed by atoms with E-state index in [0.29, 0.717) is 0 Å². The summed E-state index contributed by atoms with van der Waals surface area (Å²) in [6.45, 7) is 13.7. The molecule has 3 rings (SSSR count). The fourth-order valence-corrected chi connectivity index (χ4v) is 4.00. The summed E-state index contributed by atoms with van der Waals surface area (Å²) in [5.74, 6) is 0. The van der Waals surface area contributed by atoms with Gasteiger partial charge in [0.1, 0.15) is 0 Å². The molecule has 1 aromatic heterocycles. The molecule has 1 saturated heterocycles. The highest BCUT2D eigenvalue weighted by Gasteiger charge is 2.19. The normalized spacial score (nSPS) is 16.8. The van der Waals surface area contributed by atoms with Gasteiger partial charge in [0.2, 0.25) is 0 Å². The minimum absolute atomic E-state index is 1.10. The van der Waals surface area contributed by atoms with Gasteiger partial charge in [0, 0.05) is 39.3 Å². The SMILES string of the molecule is CCN(CC)CCN1CCN(c2nc3ccccc3s2)CC1. The third-order valence-corrected chi connectivity index (χ3v) is 5.65. The first kappa shape index (κ1) is 15.7. The van der Waals surface area contributed by atoms with E-state index in [-0.39, 0.29) is 0 Å². The summed E-state index contributed by atoms with van der Waals surface area (Å²) >= 11 is 1.82. The molecule has 2 heterocycles. The minimum Gasteiger partial charge on any atom is -0.345 e. The lowest BCUT2D eigenvalue weighted by atomic mass is 10.3. The van der Waals surface area contributed by atoms with Crippen molar-refractivity contribution in [2.45, 2.75) is 13.8 Å². The van der Waals surface area contributed by atoms with Crippen LogP contribution >= 0.6 is 11.3 Å². The van der Waals surface area contributed by atoms with Gasteiger partial charge < -0.3 is 9.80 Å². The van der Waals surface area contributed by atoms with Gasteiger partial charge in [-0.05, 0) is 25.2 Å². The zero-order valence-corrected chi connectivity index (χ0v) is 14.5. The average Bonchev–Trinajstić information content (AvgIpc) is 3.00. The van der Waals surface area contributed by atoms with Crippen molar-refractivity contribution in [2.24, 2.45) is 0 Å². The van der Waals surface area contributed by atoms with Gasteiger partial charge in [0.25, 0.3) is 0 Å². The van der Waals surface area contributed by atoms with Crippen LogP contribution in [-0.4, -0.2) is 67.1 Å². The van der Waals surface area contributed by atoms with Crippen molar-refractivity contribution in [2.75, 3.05) is 57.3 Å².